The third kappa shape index (κ3) is 23.0. The SMILES string of the molecule is CCOC(=O)CC1C(=O)NCCN1C(=O)CNC(=O)NCc1ccc(N)cc1.COc1cccc(CNC(=O)CNC(=O)NCc2ccc(N)cc2)c1.Nc1ccc(CNC(=O)NCC(=O)NCc2cccc(-n3cncn3)c2)cc1. The summed E-state index contributed by atoms with van der Waals surface area (Å²) in [5, 5.41) is 27.7. The molecule has 10 amide bonds. The van der Waals surface area contributed by atoms with Gasteiger partial charge < -0.3 is 79.4 Å². The number of rotatable bonds is 21. The molecule has 0 aliphatic carbocycles. The lowest BCUT2D eigenvalue weighted by Gasteiger charge is -2.34. The van der Waals surface area contributed by atoms with Crippen LogP contribution in [-0.2, 0) is 61.4 Å². The smallest absolute Gasteiger partial charge is 0.315 e. The molecule has 0 radical (unpaired) electrons. The summed E-state index contributed by atoms with van der Waals surface area (Å²) in [7, 11) is 1.59. The van der Waals surface area contributed by atoms with Crippen molar-refractivity contribution in [3.8, 4) is 11.4 Å². The molecule has 81 heavy (non-hydrogen) atoms. The predicted molar refractivity (Wildman–Crippen MR) is 301 cm³/mol. The molecular weight excluding hydrogens is 1040 g/mol. The van der Waals surface area contributed by atoms with E-state index in [-0.39, 0.29) is 64.1 Å². The number of esters is 1. The van der Waals surface area contributed by atoms with Crippen molar-refractivity contribution in [3.05, 3.63) is 162 Å². The van der Waals surface area contributed by atoms with Crippen LogP contribution < -0.4 is 69.8 Å². The van der Waals surface area contributed by atoms with Crippen LogP contribution in [0.5, 0.6) is 5.75 Å². The van der Waals surface area contributed by atoms with Gasteiger partial charge in [-0.05, 0) is 95.4 Å². The summed E-state index contributed by atoms with van der Waals surface area (Å²) in [6.07, 6.45) is 2.83. The number of benzene rings is 5. The van der Waals surface area contributed by atoms with Gasteiger partial charge in [-0.25, -0.2) is 24.0 Å². The highest BCUT2D eigenvalue weighted by atomic mass is 16.5. The van der Waals surface area contributed by atoms with Gasteiger partial charge in [0.05, 0.1) is 45.5 Å². The molecule has 0 spiro atoms. The third-order valence-electron chi connectivity index (χ3n) is 11.5. The minimum Gasteiger partial charge on any atom is -0.497 e. The van der Waals surface area contributed by atoms with E-state index in [0.717, 1.165) is 39.3 Å². The summed E-state index contributed by atoms with van der Waals surface area (Å²) in [6, 6.07) is 34.1. The summed E-state index contributed by atoms with van der Waals surface area (Å²) >= 11 is 0. The number of aromatic nitrogens is 3. The Morgan fingerprint density at radius 2 is 1.06 bits per heavy atom. The minimum absolute atomic E-state index is 0.0997. The predicted octanol–water partition coefficient (Wildman–Crippen LogP) is 1.71. The number of nitrogen functional groups attached to an aromatic ring is 3. The Balaban J connectivity index is 0.000000223. The van der Waals surface area contributed by atoms with E-state index in [9.17, 15) is 38.4 Å². The molecular formula is C55H68N16O10. The average Bonchev–Trinajstić information content (AvgIpc) is 4.04. The van der Waals surface area contributed by atoms with Crippen LogP contribution in [0.4, 0.5) is 31.4 Å². The quantitative estimate of drug-likeness (QED) is 0.0361. The molecule has 7 rings (SSSR count). The molecule has 5 aromatic carbocycles. The van der Waals surface area contributed by atoms with E-state index in [4.69, 9.17) is 26.7 Å². The first-order valence-electron chi connectivity index (χ1n) is 25.5. The van der Waals surface area contributed by atoms with Gasteiger partial charge in [0.2, 0.25) is 23.6 Å². The first kappa shape index (κ1) is 61.5. The van der Waals surface area contributed by atoms with Gasteiger partial charge >= 0.3 is 24.1 Å². The van der Waals surface area contributed by atoms with Crippen LogP contribution in [0.1, 0.15) is 41.2 Å². The molecule has 1 fully saturated rings. The van der Waals surface area contributed by atoms with E-state index in [0.29, 0.717) is 43.2 Å². The summed E-state index contributed by atoms with van der Waals surface area (Å²) in [5.41, 5.74) is 24.2. The fourth-order valence-corrected chi connectivity index (χ4v) is 7.27. The van der Waals surface area contributed by atoms with E-state index in [1.54, 1.807) is 73.6 Å². The highest BCUT2D eigenvalue weighted by Gasteiger charge is 2.35. The van der Waals surface area contributed by atoms with Gasteiger partial charge in [-0.3, -0.25) is 24.0 Å². The Kier molecular flexibility index (Phi) is 25.0. The lowest BCUT2D eigenvalue weighted by molar-refractivity contribution is -0.151. The molecule has 15 N–H and O–H groups in total. The van der Waals surface area contributed by atoms with Crippen LogP contribution in [-0.4, -0.2) is 120 Å². The van der Waals surface area contributed by atoms with E-state index in [2.05, 4.69) is 57.9 Å². The Morgan fingerprint density at radius 1 is 0.593 bits per heavy atom. The fourth-order valence-electron chi connectivity index (χ4n) is 7.27. The number of methoxy groups -OCH3 is 1. The lowest BCUT2D eigenvalue weighted by Crippen LogP contribution is -2.59. The van der Waals surface area contributed by atoms with Crippen molar-refractivity contribution < 1.29 is 47.8 Å². The number of carbonyl (C=O) groups is 8. The van der Waals surface area contributed by atoms with E-state index in [1.807, 2.05) is 72.8 Å². The Hall–Kier alpha value is -10.4. The van der Waals surface area contributed by atoms with E-state index >= 15 is 0 Å². The van der Waals surface area contributed by atoms with Crippen LogP contribution >= 0.6 is 0 Å². The largest absolute Gasteiger partial charge is 0.497 e. The van der Waals surface area contributed by atoms with Gasteiger partial charge in [0.25, 0.3) is 0 Å². The zero-order chi connectivity index (χ0) is 58.4. The maximum atomic E-state index is 12.4. The second-order valence-electron chi connectivity index (χ2n) is 17.7. The number of anilines is 3. The van der Waals surface area contributed by atoms with Crippen LogP contribution in [0.3, 0.4) is 0 Å². The van der Waals surface area contributed by atoms with Crippen molar-refractivity contribution in [1.29, 1.82) is 0 Å². The Bertz CT molecular complexity index is 3000. The summed E-state index contributed by atoms with van der Waals surface area (Å²) in [4.78, 5) is 101. The molecule has 2 heterocycles. The number of hydrogen-bond acceptors (Lipinski definition) is 15. The molecule has 1 aliphatic rings. The van der Waals surface area contributed by atoms with Crippen LogP contribution in [0.15, 0.2) is 134 Å². The molecule has 428 valence electrons. The first-order valence-corrected chi connectivity index (χ1v) is 25.5. The number of nitrogens with one attached hydrogen (secondary N) is 9. The van der Waals surface area contributed by atoms with Crippen LogP contribution in [0.2, 0.25) is 0 Å². The second kappa shape index (κ2) is 33.0. The van der Waals surface area contributed by atoms with Gasteiger partial charge in [0.15, 0.2) is 0 Å². The number of urea groups is 3. The highest BCUT2D eigenvalue weighted by Crippen LogP contribution is 2.14. The Labute approximate surface area is 467 Å². The topological polar surface area (TPSA) is 375 Å². The molecule has 26 heteroatoms. The minimum atomic E-state index is -0.945. The maximum Gasteiger partial charge on any atom is 0.315 e. The van der Waals surface area contributed by atoms with Gasteiger partial charge in [-0.1, -0.05) is 60.7 Å². The molecule has 1 aliphatic heterocycles. The van der Waals surface area contributed by atoms with E-state index in [1.165, 1.54) is 11.2 Å². The molecule has 1 unspecified atom stereocenters. The summed E-state index contributed by atoms with van der Waals surface area (Å²) in [6.45, 7) is 3.58. The number of amides is 10. The molecule has 1 atom stereocenters. The monoisotopic (exact) mass is 1110 g/mol. The number of carbonyl (C=O) groups excluding carboxylic acids is 8. The highest BCUT2D eigenvalue weighted by molar-refractivity contribution is 5.93. The van der Waals surface area contributed by atoms with Crippen molar-refractivity contribution in [2.45, 2.75) is 52.1 Å². The third-order valence-corrected chi connectivity index (χ3v) is 11.5. The van der Waals surface area contributed by atoms with Crippen molar-refractivity contribution in [2.24, 2.45) is 0 Å². The fraction of sp³-hybridized carbons (Fsp3) is 0.273. The zero-order valence-electron chi connectivity index (χ0n) is 44.9. The number of hydrogen-bond donors (Lipinski definition) is 12. The Morgan fingerprint density at radius 3 is 1.53 bits per heavy atom. The zero-order valence-corrected chi connectivity index (χ0v) is 44.9. The average molecular weight is 1110 g/mol. The molecule has 1 saturated heterocycles. The molecule has 26 nitrogen and oxygen atoms in total. The number of nitrogens with two attached hydrogens (primary N) is 3. The summed E-state index contributed by atoms with van der Waals surface area (Å²) < 4.78 is 11.6. The van der Waals surface area contributed by atoms with Crippen molar-refractivity contribution in [3.63, 3.8) is 0 Å². The molecule has 6 aromatic rings. The first-order chi connectivity index (χ1) is 39.1. The van der Waals surface area contributed by atoms with Gasteiger partial charge in [0, 0.05) is 62.9 Å². The number of piperazine rings is 1. The van der Waals surface area contributed by atoms with Crippen molar-refractivity contribution in [2.75, 3.05) is 63.6 Å². The van der Waals surface area contributed by atoms with Gasteiger partial charge in [-0.2, -0.15) is 5.10 Å². The molecule has 0 bridgehead atoms. The number of ether oxygens (including phenoxy) is 2. The van der Waals surface area contributed by atoms with Crippen molar-refractivity contribution >= 4 is 64.8 Å². The van der Waals surface area contributed by atoms with Gasteiger partial charge in [-0.15, -0.1) is 0 Å². The van der Waals surface area contributed by atoms with Gasteiger partial charge in [0.1, 0.15) is 24.4 Å². The second-order valence-corrected chi connectivity index (χ2v) is 17.7. The lowest BCUT2D eigenvalue weighted by atomic mass is 10.1. The normalized spacial score (nSPS) is 12.2. The molecule has 1 aromatic heterocycles. The number of nitrogens with zero attached hydrogens (tertiary/aromatic N) is 4. The van der Waals surface area contributed by atoms with E-state index < -0.39 is 41.9 Å². The van der Waals surface area contributed by atoms with Crippen molar-refractivity contribution in [1.82, 2.24) is 67.5 Å². The molecule has 0 saturated carbocycles. The van der Waals surface area contributed by atoms with Crippen LogP contribution in [0, 0.1) is 0 Å². The summed E-state index contributed by atoms with van der Waals surface area (Å²) in [5.74, 6) is -1.25. The standard InChI is InChI=1S/C19H21N7O2.C18H25N5O5.C18H22N4O3/c20-16-6-4-14(5-7-16)9-23-19(28)24-11-18(27)22-10-15-2-1-3-17(8-15)26-13-21-12-25-26;1-2-28-16(25)9-14-17(26)20-7-8-23(14)15(24)11-22-18(27)21-10-12-3-5-13(19)6-4-12;1-25-16-4-2-3-14(9-16)11-20-17(23)12-22-18(24)21-10-13-5-7-15(19)8-6-13/h1-8,12-13H,9-11,20H2,(H,22,27)(H2,23,24,28);3-6,14H,2,7-11,19H2,1H3,(H,20,26)(H2,21,22,27);2-9H,10-12,19H2,1H3,(H,20,23)(H2,21,22,24). The van der Waals surface area contributed by atoms with Crippen LogP contribution in [0.25, 0.3) is 5.69 Å². The maximum absolute atomic E-state index is 12.4.